The highest BCUT2D eigenvalue weighted by atomic mass is 32.2. The Kier molecular flexibility index (Phi) is 5.26. The van der Waals surface area contributed by atoms with Gasteiger partial charge in [0.25, 0.3) is 0 Å². The van der Waals surface area contributed by atoms with Crippen molar-refractivity contribution < 1.29 is 16.8 Å². The Balaban J connectivity index is 2.40. The van der Waals surface area contributed by atoms with Gasteiger partial charge in [0.15, 0.2) is 9.84 Å². The third kappa shape index (κ3) is 3.34. The summed E-state index contributed by atoms with van der Waals surface area (Å²) in [6.45, 7) is 2.60. The molecule has 0 aromatic heterocycles. The van der Waals surface area contributed by atoms with E-state index < -0.39 is 19.9 Å². The number of sulfonamides is 1. The van der Waals surface area contributed by atoms with E-state index in [1.165, 1.54) is 28.6 Å². The summed E-state index contributed by atoms with van der Waals surface area (Å²) in [5.41, 5.74) is 0. The molecule has 1 aliphatic heterocycles. The van der Waals surface area contributed by atoms with Crippen molar-refractivity contribution in [2.24, 2.45) is 0 Å². The zero-order valence-electron chi connectivity index (χ0n) is 12.8. The van der Waals surface area contributed by atoms with E-state index >= 15 is 0 Å². The van der Waals surface area contributed by atoms with Gasteiger partial charge in [-0.05, 0) is 38.1 Å². The summed E-state index contributed by atoms with van der Waals surface area (Å²) in [5.74, 6) is -0.0530. The molecule has 1 saturated heterocycles. The number of benzene rings is 1. The first kappa shape index (κ1) is 17.4. The SMILES string of the molecule is CCS(=O)(=O)c1cccc(S(=O)(=O)N2CCCC2CNC)c1. The largest absolute Gasteiger partial charge is 0.318 e. The molecule has 1 unspecified atom stereocenters. The van der Waals surface area contributed by atoms with Crippen LogP contribution in [0.15, 0.2) is 34.1 Å². The molecule has 8 heteroatoms. The molecule has 1 atom stereocenters. The van der Waals surface area contributed by atoms with Crippen LogP contribution in [0.2, 0.25) is 0 Å². The van der Waals surface area contributed by atoms with Crippen molar-refractivity contribution in [3.05, 3.63) is 24.3 Å². The monoisotopic (exact) mass is 346 g/mol. The van der Waals surface area contributed by atoms with E-state index in [0.29, 0.717) is 13.1 Å². The van der Waals surface area contributed by atoms with Crippen molar-refractivity contribution in [1.82, 2.24) is 9.62 Å². The van der Waals surface area contributed by atoms with Crippen molar-refractivity contribution in [3.8, 4) is 0 Å². The lowest BCUT2D eigenvalue weighted by Gasteiger charge is -2.24. The molecule has 1 heterocycles. The van der Waals surface area contributed by atoms with Crippen LogP contribution in [0.3, 0.4) is 0 Å². The Labute approximate surface area is 132 Å². The number of hydrogen-bond acceptors (Lipinski definition) is 5. The molecule has 124 valence electrons. The highest BCUT2D eigenvalue weighted by Crippen LogP contribution is 2.27. The van der Waals surface area contributed by atoms with Gasteiger partial charge in [0, 0.05) is 19.1 Å². The van der Waals surface area contributed by atoms with E-state index in [1.807, 2.05) is 0 Å². The fourth-order valence-corrected chi connectivity index (χ4v) is 5.43. The minimum absolute atomic E-state index is 0.0463. The normalized spacial score (nSPS) is 20.4. The van der Waals surface area contributed by atoms with Gasteiger partial charge in [0.05, 0.1) is 15.5 Å². The summed E-state index contributed by atoms with van der Waals surface area (Å²) in [5, 5.41) is 3.01. The van der Waals surface area contributed by atoms with Crippen molar-refractivity contribution in [2.45, 2.75) is 35.6 Å². The summed E-state index contributed by atoms with van der Waals surface area (Å²) in [6, 6.07) is 5.56. The molecule has 0 radical (unpaired) electrons. The van der Waals surface area contributed by atoms with Gasteiger partial charge in [-0.1, -0.05) is 13.0 Å². The van der Waals surface area contributed by atoms with Gasteiger partial charge in [-0.15, -0.1) is 0 Å². The van der Waals surface area contributed by atoms with Gasteiger partial charge in [0.2, 0.25) is 10.0 Å². The van der Waals surface area contributed by atoms with Crippen LogP contribution in [-0.2, 0) is 19.9 Å². The molecule has 1 N–H and O–H groups in total. The van der Waals surface area contributed by atoms with Crippen LogP contribution >= 0.6 is 0 Å². The van der Waals surface area contributed by atoms with Crippen molar-refractivity contribution in [1.29, 1.82) is 0 Å². The molecule has 1 aliphatic rings. The molecule has 6 nitrogen and oxygen atoms in total. The van der Waals surface area contributed by atoms with E-state index in [0.717, 1.165) is 12.8 Å². The maximum Gasteiger partial charge on any atom is 0.243 e. The molecule has 1 aromatic carbocycles. The molecule has 0 bridgehead atoms. The van der Waals surface area contributed by atoms with Gasteiger partial charge in [-0.2, -0.15) is 4.31 Å². The quantitative estimate of drug-likeness (QED) is 0.826. The third-order valence-electron chi connectivity index (χ3n) is 3.91. The number of nitrogens with zero attached hydrogens (tertiary/aromatic N) is 1. The lowest BCUT2D eigenvalue weighted by Crippen LogP contribution is -2.40. The highest BCUT2D eigenvalue weighted by Gasteiger charge is 2.35. The zero-order chi connectivity index (χ0) is 16.4. The van der Waals surface area contributed by atoms with Crippen LogP contribution in [0.4, 0.5) is 0 Å². The van der Waals surface area contributed by atoms with Crippen molar-refractivity contribution >= 4 is 19.9 Å². The summed E-state index contributed by atoms with van der Waals surface area (Å²) < 4.78 is 51.0. The average molecular weight is 346 g/mol. The molecule has 22 heavy (non-hydrogen) atoms. The van der Waals surface area contributed by atoms with Gasteiger partial charge < -0.3 is 5.32 Å². The van der Waals surface area contributed by atoms with Gasteiger partial charge in [-0.3, -0.25) is 0 Å². The zero-order valence-corrected chi connectivity index (χ0v) is 14.5. The van der Waals surface area contributed by atoms with Gasteiger partial charge in [-0.25, -0.2) is 16.8 Å². The Morgan fingerprint density at radius 1 is 1.23 bits per heavy atom. The van der Waals surface area contributed by atoms with Crippen LogP contribution in [0.25, 0.3) is 0 Å². The number of rotatable bonds is 6. The van der Waals surface area contributed by atoms with Crippen LogP contribution in [-0.4, -0.2) is 53.1 Å². The van der Waals surface area contributed by atoms with Crippen LogP contribution < -0.4 is 5.32 Å². The number of likely N-dealkylation sites (N-methyl/N-ethyl adjacent to an activating group) is 1. The first-order chi connectivity index (χ1) is 10.3. The van der Waals surface area contributed by atoms with Crippen LogP contribution in [0, 0.1) is 0 Å². The van der Waals surface area contributed by atoms with Crippen molar-refractivity contribution in [3.63, 3.8) is 0 Å². The maximum atomic E-state index is 12.8. The first-order valence-electron chi connectivity index (χ1n) is 7.32. The smallest absolute Gasteiger partial charge is 0.243 e. The molecule has 1 aromatic rings. The summed E-state index contributed by atoms with van der Waals surface area (Å²) in [7, 11) is -5.31. The second-order valence-electron chi connectivity index (χ2n) is 5.35. The molecule has 1 fully saturated rings. The Hall–Kier alpha value is -0.960. The van der Waals surface area contributed by atoms with Gasteiger partial charge >= 0.3 is 0 Å². The molecular weight excluding hydrogens is 324 g/mol. The topological polar surface area (TPSA) is 83.5 Å². The van der Waals surface area contributed by atoms with Crippen LogP contribution in [0.5, 0.6) is 0 Å². The Morgan fingerprint density at radius 3 is 2.55 bits per heavy atom. The van der Waals surface area contributed by atoms with Gasteiger partial charge in [0.1, 0.15) is 0 Å². The Bertz CT molecular complexity index is 729. The molecule has 2 rings (SSSR count). The van der Waals surface area contributed by atoms with E-state index in [2.05, 4.69) is 5.32 Å². The minimum atomic E-state index is -3.67. The fourth-order valence-electron chi connectivity index (χ4n) is 2.70. The Morgan fingerprint density at radius 2 is 1.91 bits per heavy atom. The second kappa shape index (κ2) is 6.66. The van der Waals surface area contributed by atoms with E-state index in [-0.39, 0.29) is 21.6 Å². The summed E-state index contributed by atoms with van der Waals surface area (Å²) >= 11 is 0. The van der Waals surface area contributed by atoms with E-state index in [1.54, 1.807) is 14.0 Å². The summed E-state index contributed by atoms with van der Waals surface area (Å²) in [4.78, 5) is 0.102. The number of hydrogen-bond donors (Lipinski definition) is 1. The standard InChI is InChI=1S/C14H22N2O4S2/c1-3-21(17,18)13-7-4-8-14(10-13)22(19,20)16-9-5-6-12(16)11-15-2/h4,7-8,10,12,15H,3,5-6,9,11H2,1-2H3. The molecule has 0 amide bonds. The second-order valence-corrected chi connectivity index (χ2v) is 9.52. The predicted octanol–water partition coefficient (Wildman–Crippen LogP) is 0.853. The van der Waals surface area contributed by atoms with E-state index in [4.69, 9.17) is 0 Å². The molecule has 0 saturated carbocycles. The van der Waals surface area contributed by atoms with E-state index in [9.17, 15) is 16.8 Å². The number of sulfone groups is 1. The average Bonchev–Trinajstić information content (AvgIpc) is 2.97. The van der Waals surface area contributed by atoms with Crippen LogP contribution in [0.1, 0.15) is 19.8 Å². The lowest BCUT2D eigenvalue weighted by atomic mass is 10.2. The lowest BCUT2D eigenvalue weighted by molar-refractivity contribution is 0.379. The molecular formula is C14H22N2O4S2. The summed E-state index contributed by atoms with van der Waals surface area (Å²) in [6.07, 6.45) is 1.63. The predicted molar refractivity (Wildman–Crippen MR) is 85.0 cm³/mol. The number of nitrogens with one attached hydrogen (secondary N) is 1. The third-order valence-corrected chi connectivity index (χ3v) is 7.59. The fraction of sp³-hybridized carbons (Fsp3) is 0.571. The molecule has 0 aliphatic carbocycles. The first-order valence-corrected chi connectivity index (χ1v) is 10.4. The molecule has 0 spiro atoms. The van der Waals surface area contributed by atoms with Crippen molar-refractivity contribution in [2.75, 3.05) is 25.9 Å². The minimum Gasteiger partial charge on any atom is -0.318 e. The highest BCUT2D eigenvalue weighted by molar-refractivity contribution is 7.91. The maximum absolute atomic E-state index is 12.8.